The summed E-state index contributed by atoms with van der Waals surface area (Å²) < 4.78 is 49.7. The average Bonchev–Trinajstić information content (AvgIpc) is 2.90. The van der Waals surface area contributed by atoms with Crippen molar-refractivity contribution in [2.75, 3.05) is 24.4 Å². The standard InChI is InChI=1S/C25H18BrCl2F3N4O5/c1-39-19-9-13(8-16(26)22(19)40-12-20(36)34-18-7-3-6-17(27)21(18)28)11-32-35-24(38)23(37)33-15-5-2-4-14(10-15)25(29,30)31/h2-11H,12H2,1H3,(H,33,37)(H,34,36)(H,35,38). The first-order valence-electron chi connectivity index (χ1n) is 10.9. The molecule has 0 radical (unpaired) electrons. The molecule has 3 N–H and O–H groups in total. The second-order valence-electron chi connectivity index (χ2n) is 7.70. The van der Waals surface area contributed by atoms with E-state index in [2.05, 4.69) is 31.7 Å². The molecule has 0 saturated carbocycles. The van der Waals surface area contributed by atoms with E-state index in [1.807, 2.05) is 5.43 Å². The van der Waals surface area contributed by atoms with Gasteiger partial charge in [0.05, 0.1) is 39.1 Å². The van der Waals surface area contributed by atoms with E-state index in [0.29, 0.717) is 21.8 Å². The van der Waals surface area contributed by atoms with Crippen LogP contribution in [0.3, 0.4) is 0 Å². The van der Waals surface area contributed by atoms with Crippen molar-refractivity contribution in [3.05, 3.63) is 80.2 Å². The van der Waals surface area contributed by atoms with Crippen LogP contribution in [0.1, 0.15) is 11.1 Å². The first-order valence-corrected chi connectivity index (χ1v) is 12.5. The van der Waals surface area contributed by atoms with E-state index in [1.54, 1.807) is 18.2 Å². The number of benzene rings is 3. The van der Waals surface area contributed by atoms with E-state index in [1.165, 1.54) is 31.5 Å². The van der Waals surface area contributed by atoms with Crippen LogP contribution in [-0.2, 0) is 20.6 Å². The van der Waals surface area contributed by atoms with Crippen LogP contribution < -0.4 is 25.5 Å². The normalized spacial score (nSPS) is 11.2. The fraction of sp³-hybridized carbons (Fsp3) is 0.120. The Balaban J connectivity index is 1.59. The quantitative estimate of drug-likeness (QED) is 0.158. The van der Waals surface area contributed by atoms with Crippen molar-refractivity contribution in [3.8, 4) is 11.5 Å². The van der Waals surface area contributed by atoms with Crippen molar-refractivity contribution in [1.29, 1.82) is 0 Å². The lowest BCUT2D eigenvalue weighted by molar-refractivity contribution is -0.137. The molecule has 0 aliphatic heterocycles. The maximum Gasteiger partial charge on any atom is 0.416 e. The third-order valence-corrected chi connectivity index (χ3v) is 6.27. The van der Waals surface area contributed by atoms with Gasteiger partial charge in [0, 0.05) is 5.69 Å². The summed E-state index contributed by atoms with van der Waals surface area (Å²) in [6.45, 7) is -0.401. The highest BCUT2D eigenvalue weighted by atomic mass is 79.9. The van der Waals surface area contributed by atoms with Gasteiger partial charge in [-0.3, -0.25) is 14.4 Å². The molecule has 40 heavy (non-hydrogen) atoms. The smallest absolute Gasteiger partial charge is 0.416 e. The molecule has 0 heterocycles. The lowest BCUT2D eigenvalue weighted by Crippen LogP contribution is -2.32. The zero-order valence-corrected chi connectivity index (χ0v) is 23.3. The Labute approximate surface area is 243 Å². The van der Waals surface area contributed by atoms with Crippen molar-refractivity contribution in [1.82, 2.24) is 5.43 Å². The maximum atomic E-state index is 12.8. The van der Waals surface area contributed by atoms with Crippen LogP contribution in [0.2, 0.25) is 10.0 Å². The highest BCUT2D eigenvalue weighted by Crippen LogP contribution is 2.36. The number of carbonyl (C=O) groups excluding carboxylic acids is 3. The van der Waals surface area contributed by atoms with E-state index in [4.69, 9.17) is 32.7 Å². The minimum Gasteiger partial charge on any atom is -0.493 e. The fourth-order valence-corrected chi connectivity index (χ4v) is 3.98. The molecule has 3 amide bonds. The largest absolute Gasteiger partial charge is 0.493 e. The van der Waals surface area contributed by atoms with E-state index >= 15 is 0 Å². The second-order valence-corrected chi connectivity index (χ2v) is 9.34. The van der Waals surface area contributed by atoms with Crippen LogP contribution >= 0.6 is 39.1 Å². The monoisotopic (exact) mass is 660 g/mol. The summed E-state index contributed by atoms with van der Waals surface area (Å²) in [6.07, 6.45) is -3.43. The van der Waals surface area contributed by atoms with E-state index in [-0.39, 0.29) is 27.2 Å². The molecule has 9 nitrogen and oxygen atoms in total. The van der Waals surface area contributed by atoms with Crippen LogP contribution in [0.5, 0.6) is 11.5 Å². The Morgan fingerprint density at radius 2 is 1.75 bits per heavy atom. The molecular weight excluding hydrogens is 644 g/mol. The molecule has 15 heteroatoms. The first-order chi connectivity index (χ1) is 18.9. The topological polar surface area (TPSA) is 118 Å². The number of anilines is 2. The Kier molecular flexibility index (Phi) is 10.4. The number of ether oxygens (including phenoxy) is 2. The number of carbonyl (C=O) groups is 3. The molecule has 3 rings (SSSR count). The Hall–Kier alpha value is -3.81. The predicted molar refractivity (Wildman–Crippen MR) is 147 cm³/mol. The number of hydrogen-bond acceptors (Lipinski definition) is 6. The van der Waals surface area contributed by atoms with Crippen LogP contribution in [0.25, 0.3) is 0 Å². The van der Waals surface area contributed by atoms with Gasteiger partial charge in [0.2, 0.25) is 0 Å². The van der Waals surface area contributed by atoms with Gasteiger partial charge < -0.3 is 20.1 Å². The summed E-state index contributed by atoms with van der Waals surface area (Å²) in [5, 5.41) is 8.77. The van der Waals surface area contributed by atoms with Crippen LogP contribution in [0.15, 0.2) is 64.2 Å². The lowest BCUT2D eigenvalue weighted by Gasteiger charge is -2.14. The molecule has 0 fully saturated rings. The van der Waals surface area contributed by atoms with Gasteiger partial charge in [-0.1, -0.05) is 35.3 Å². The van der Waals surface area contributed by atoms with Crippen molar-refractivity contribution in [2.24, 2.45) is 5.10 Å². The molecule has 0 aromatic heterocycles. The summed E-state index contributed by atoms with van der Waals surface area (Å²) in [4.78, 5) is 36.4. The summed E-state index contributed by atoms with van der Waals surface area (Å²) in [5.41, 5.74) is 1.48. The van der Waals surface area contributed by atoms with Crippen molar-refractivity contribution < 1.29 is 37.0 Å². The minimum atomic E-state index is -4.61. The Morgan fingerprint density at radius 1 is 1.02 bits per heavy atom. The van der Waals surface area contributed by atoms with Crippen LogP contribution in [-0.4, -0.2) is 37.7 Å². The van der Waals surface area contributed by atoms with Gasteiger partial charge in [-0.25, -0.2) is 5.43 Å². The Morgan fingerprint density at radius 3 is 2.45 bits per heavy atom. The van der Waals surface area contributed by atoms with Crippen molar-refractivity contribution >= 4 is 74.4 Å². The zero-order chi connectivity index (χ0) is 29.4. The van der Waals surface area contributed by atoms with E-state index < -0.39 is 36.1 Å². The highest BCUT2D eigenvalue weighted by molar-refractivity contribution is 9.10. The molecule has 0 bridgehead atoms. The number of alkyl halides is 3. The predicted octanol–water partition coefficient (Wildman–Crippen LogP) is 5.89. The molecule has 0 spiro atoms. The zero-order valence-electron chi connectivity index (χ0n) is 20.2. The number of amides is 3. The van der Waals surface area contributed by atoms with Gasteiger partial charge in [-0.05, 0) is 64.0 Å². The lowest BCUT2D eigenvalue weighted by atomic mass is 10.2. The number of hydrogen-bond donors (Lipinski definition) is 3. The number of methoxy groups -OCH3 is 1. The molecule has 0 aliphatic rings. The van der Waals surface area contributed by atoms with Crippen LogP contribution in [0, 0.1) is 0 Å². The maximum absolute atomic E-state index is 12.8. The van der Waals surface area contributed by atoms with Gasteiger partial charge in [0.1, 0.15) is 0 Å². The van der Waals surface area contributed by atoms with Gasteiger partial charge >= 0.3 is 18.0 Å². The fourth-order valence-electron chi connectivity index (χ4n) is 3.06. The summed E-state index contributed by atoms with van der Waals surface area (Å²) >= 11 is 15.3. The van der Waals surface area contributed by atoms with E-state index in [9.17, 15) is 27.6 Å². The van der Waals surface area contributed by atoms with Crippen molar-refractivity contribution in [2.45, 2.75) is 6.18 Å². The molecule has 210 valence electrons. The molecule has 0 atom stereocenters. The van der Waals surface area contributed by atoms with Gasteiger partial charge in [0.25, 0.3) is 5.91 Å². The summed E-state index contributed by atoms with van der Waals surface area (Å²) in [6, 6.07) is 11.6. The number of nitrogens with one attached hydrogen (secondary N) is 3. The minimum absolute atomic E-state index is 0.181. The highest BCUT2D eigenvalue weighted by Gasteiger charge is 2.30. The van der Waals surface area contributed by atoms with Crippen LogP contribution in [0.4, 0.5) is 24.5 Å². The second kappa shape index (κ2) is 13.5. The third-order valence-electron chi connectivity index (χ3n) is 4.86. The molecule has 0 saturated heterocycles. The molecule has 0 unspecified atom stereocenters. The number of nitrogens with zero attached hydrogens (tertiary/aromatic N) is 1. The summed E-state index contributed by atoms with van der Waals surface area (Å²) in [7, 11) is 1.36. The van der Waals surface area contributed by atoms with Gasteiger partial charge in [0.15, 0.2) is 18.1 Å². The molecule has 3 aromatic carbocycles. The van der Waals surface area contributed by atoms with Gasteiger partial charge in [-0.15, -0.1) is 0 Å². The Bertz CT molecular complexity index is 1470. The van der Waals surface area contributed by atoms with Crippen molar-refractivity contribution in [3.63, 3.8) is 0 Å². The SMILES string of the molecule is COc1cc(C=NNC(=O)C(=O)Nc2cccc(C(F)(F)F)c2)cc(Br)c1OCC(=O)Nc1cccc(Cl)c1Cl. The molecule has 0 aliphatic carbocycles. The number of halogens is 6. The third kappa shape index (κ3) is 8.34. The van der Waals surface area contributed by atoms with E-state index in [0.717, 1.165) is 12.1 Å². The molecular formula is C25H18BrCl2F3N4O5. The number of hydrazone groups is 1. The average molecular weight is 662 g/mol. The summed E-state index contributed by atoms with van der Waals surface area (Å²) in [5.74, 6) is -2.56. The van der Waals surface area contributed by atoms with Gasteiger partial charge in [-0.2, -0.15) is 18.3 Å². The first kappa shape index (κ1) is 30.7. The molecule has 3 aromatic rings. The number of rotatable bonds is 8.